The highest BCUT2D eigenvalue weighted by Gasteiger charge is 2.12. The van der Waals surface area contributed by atoms with Crippen molar-refractivity contribution < 1.29 is 4.79 Å². The highest BCUT2D eigenvalue weighted by molar-refractivity contribution is 5.77. The first-order valence-corrected chi connectivity index (χ1v) is 5.83. The van der Waals surface area contributed by atoms with E-state index in [0.29, 0.717) is 11.2 Å². The minimum Gasteiger partial charge on any atom is -0.352 e. The average molecular weight is 248 g/mol. The zero-order chi connectivity index (χ0) is 13.3. The van der Waals surface area contributed by atoms with Crippen LogP contribution in [0, 0.1) is 12.8 Å². The van der Waals surface area contributed by atoms with E-state index < -0.39 is 0 Å². The van der Waals surface area contributed by atoms with Gasteiger partial charge in [-0.25, -0.2) is 9.50 Å². The second-order valence-electron chi connectivity index (χ2n) is 4.53. The van der Waals surface area contributed by atoms with Crippen molar-refractivity contribution in [3.8, 4) is 0 Å². The average Bonchev–Trinajstić information content (AvgIpc) is 2.76. The van der Waals surface area contributed by atoms with Gasteiger partial charge < -0.3 is 5.32 Å². The lowest BCUT2D eigenvalue weighted by molar-refractivity contribution is -0.124. The number of nitrogens with one attached hydrogen (secondary N) is 2. The van der Waals surface area contributed by atoms with Gasteiger partial charge in [0.1, 0.15) is 6.33 Å². The number of aromatic amines is 1. The fourth-order valence-corrected chi connectivity index (χ4v) is 1.76. The van der Waals surface area contributed by atoms with Crippen LogP contribution in [0.2, 0.25) is 0 Å². The van der Waals surface area contributed by atoms with E-state index in [-0.39, 0.29) is 23.8 Å². The molecule has 0 atom stereocenters. The van der Waals surface area contributed by atoms with Gasteiger partial charge in [0, 0.05) is 29.8 Å². The summed E-state index contributed by atoms with van der Waals surface area (Å²) in [4.78, 5) is 27.5. The Morgan fingerprint density at radius 1 is 1.56 bits per heavy atom. The van der Waals surface area contributed by atoms with Crippen LogP contribution in [0.25, 0.3) is 5.65 Å². The molecule has 2 rings (SSSR count). The molecule has 0 aliphatic carbocycles. The molecule has 2 heterocycles. The second-order valence-corrected chi connectivity index (χ2v) is 4.53. The first-order valence-electron chi connectivity index (χ1n) is 5.83. The minimum atomic E-state index is -0.108. The smallest absolute Gasteiger partial charge is 0.222 e. The number of pyridine rings is 1. The lowest BCUT2D eigenvalue weighted by Gasteiger charge is -2.10. The third kappa shape index (κ3) is 2.13. The van der Waals surface area contributed by atoms with Crippen LogP contribution in [0.15, 0.2) is 17.2 Å². The Balaban J connectivity index is 2.33. The molecule has 0 fully saturated rings. The Labute approximate surface area is 104 Å². The summed E-state index contributed by atoms with van der Waals surface area (Å²) in [6.07, 6.45) is 1.53. The first-order chi connectivity index (χ1) is 8.50. The molecule has 6 nitrogen and oxygen atoms in total. The van der Waals surface area contributed by atoms with Crippen molar-refractivity contribution in [3.05, 3.63) is 33.9 Å². The Morgan fingerprint density at radius 3 is 2.94 bits per heavy atom. The van der Waals surface area contributed by atoms with Crippen LogP contribution >= 0.6 is 0 Å². The topological polar surface area (TPSA) is 79.3 Å². The largest absolute Gasteiger partial charge is 0.352 e. The van der Waals surface area contributed by atoms with Crippen LogP contribution in [0.1, 0.15) is 25.1 Å². The van der Waals surface area contributed by atoms with E-state index in [1.54, 1.807) is 4.52 Å². The van der Waals surface area contributed by atoms with E-state index in [4.69, 9.17) is 0 Å². The number of nitrogens with zero attached hydrogens (tertiary/aromatic N) is 2. The standard InChI is InChI=1S/C12H16N4O2/c1-7(2)12(18)13-5-9-8(3)16-11(4-10(9)17)14-6-15-16/h4,6-7H,5H2,1-3H3,(H,13,18)(H,14,15). The molecule has 0 aliphatic heterocycles. The van der Waals surface area contributed by atoms with E-state index in [1.807, 2.05) is 20.8 Å². The molecular formula is C12H16N4O2. The monoisotopic (exact) mass is 248 g/mol. The van der Waals surface area contributed by atoms with Gasteiger partial charge in [0.15, 0.2) is 11.1 Å². The number of aromatic nitrogens is 3. The lowest BCUT2D eigenvalue weighted by Crippen LogP contribution is -2.30. The molecule has 6 heteroatoms. The Kier molecular flexibility index (Phi) is 3.18. The predicted octanol–water partition coefficient (Wildman–Crippen LogP) is 0.603. The zero-order valence-electron chi connectivity index (χ0n) is 10.7. The highest BCUT2D eigenvalue weighted by atomic mass is 16.2. The number of hydrogen-bond acceptors (Lipinski definition) is 3. The van der Waals surface area contributed by atoms with Crippen molar-refractivity contribution in [2.24, 2.45) is 5.92 Å². The summed E-state index contributed by atoms with van der Waals surface area (Å²) in [5.41, 5.74) is 1.81. The van der Waals surface area contributed by atoms with Gasteiger partial charge in [-0.05, 0) is 6.92 Å². The SMILES string of the molecule is Cc1c(CNC(=O)C(C)C)c(=O)cc2nc[nH]n12. The molecule has 2 N–H and O–H groups in total. The van der Waals surface area contributed by atoms with Crippen molar-refractivity contribution in [2.45, 2.75) is 27.3 Å². The third-order valence-corrected chi connectivity index (χ3v) is 2.91. The fraction of sp³-hybridized carbons (Fsp3) is 0.417. The summed E-state index contributed by atoms with van der Waals surface area (Å²) in [7, 11) is 0. The summed E-state index contributed by atoms with van der Waals surface area (Å²) in [6, 6.07) is 1.46. The molecule has 0 saturated heterocycles. The number of hydrogen-bond donors (Lipinski definition) is 2. The molecule has 96 valence electrons. The molecule has 0 radical (unpaired) electrons. The number of rotatable bonds is 3. The normalized spacial score (nSPS) is 11.1. The molecule has 0 spiro atoms. The second kappa shape index (κ2) is 4.64. The van der Waals surface area contributed by atoms with Crippen LogP contribution in [0.4, 0.5) is 0 Å². The van der Waals surface area contributed by atoms with Gasteiger partial charge in [0.25, 0.3) is 0 Å². The number of aryl methyl sites for hydroxylation is 1. The molecule has 1 amide bonds. The summed E-state index contributed by atoms with van der Waals surface area (Å²) in [5, 5.41) is 5.67. The Bertz CT molecular complexity index is 639. The molecule has 2 aromatic heterocycles. The van der Waals surface area contributed by atoms with E-state index >= 15 is 0 Å². The van der Waals surface area contributed by atoms with Crippen LogP contribution in [0.3, 0.4) is 0 Å². The van der Waals surface area contributed by atoms with Gasteiger partial charge in [-0.1, -0.05) is 13.8 Å². The van der Waals surface area contributed by atoms with Crippen molar-refractivity contribution in [3.63, 3.8) is 0 Å². The van der Waals surface area contributed by atoms with E-state index in [1.165, 1.54) is 12.4 Å². The molecule has 0 aliphatic rings. The van der Waals surface area contributed by atoms with Gasteiger partial charge in [0.05, 0.1) is 0 Å². The fourth-order valence-electron chi connectivity index (χ4n) is 1.76. The maximum Gasteiger partial charge on any atom is 0.222 e. The molecular weight excluding hydrogens is 232 g/mol. The summed E-state index contributed by atoms with van der Waals surface area (Å²) in [5.74, 6) is -0.160. The number of carbonyl (C=O) groups is 1. The number of H-pyrrole nitrogens is 1. The molecule has 2 aromatic rings. The maximum absolute atomic E-state index is 11.9. The van der Waals surface area contributed by atoms with Gasteiger partial charge >= 0.3 is 0 Å². The summed E-state index contributed by atoms with van der Waals surface area (Å²) in [6.45, 7) is 5.69. The third-order valence-electron chi connectivity index (χ3n) is 2.91. The van der Waals surface area contributed by atoms with E-state index in [2.05, 4.69) is 15.4 Å². The van der Waals surface area contributed by atoms with Crippen LogP contribution in [-0.2, 0) is 11.3 Å². The predicted molar refractivity (Wildman–Crippen MR) is 67.2 cm³/mol. The molecule has 0 aromatic carbocycles. The van der Waals surface area contributed by atoms with E-state index in [0.717, 1.165) is 5.69 Å². The van der Waals surface area contributed by atoms with Gasteiger partial charge in [0.2, 0.25) is 5.91 Å². The highest BCUT2D eigenvalue weighted by Crippen LogP contribution is 2.05. The maximum atomic E-state index is 11.9. The summed E-state index contributed by atoms with van der Waals surface area (Å²) >= 11 is 0. The first kappa shape index (κ1) is 12.3. The molecule has 0 saturated carbocycles. The lowest BCUT2D eigenvalue weighted by atomic mass is 10.1. The minimum absolute atomic E-state index is 0.0662. The van der Waals surface area contributed by atoms with Gasteiger partial charge in [-0.2, -0.15) is 0 Å². The number of carbonyl (C=O) groups excluding carboxylic acids is 1. The molecule has 0 bridgehead atoms. The Morgan fingerprint density at radius 2 is 2.28 bits per heavy atom. The Hall–Kier alpha value is -2.11. The van der Waals surface area contributed by atoms with Crippen molar-refractivity contribution in [1.82, 2.24) is 19.9 Å². The molecule has 18 heavy (non-hydrogen) atoms. The van der Waals surface area contributed by atoms with Crippen molar-refractivity contribution >= 4 is 11.6 Å². The summed E-state index contributed by atoms with van der Waals surface area (Å²) < 4.78 is 1.72. The molecule has 0 unspecified atom stereocenters. The van der Waals surface area contributed by atoms with Crippen molar-refractivity contribution in [1.29, 1.82) is 0 Å². The van der Waals surface area contributed by atoms with E-state index in [9.17, 15) is 9.59 Å². The number of fused-ring (bicyclic) bond motifs is 1. The van der Waals surface area contributed by atoms with Crippen LogP contribution in [0.5, 0.6) is 0 Å². The van der Waals surface area contributed by atoms with Crippen LogP contribution < -0.4 is 10.7 Å². The van der Waals surface area contributed by atoms with Crippen molar-refractivity contribution in [2.75, 3.05) is 0 Å². The van der Waals surface area contributed by atoms with Gasteiger partial charge in [-0.15, -0.1) is 0 Å². The quantitative estimate of drug-likeness (QED) is 0.835. The van der Waals surface area contributed by atoms with Gasteiger partial charge in [-0.3, -0.25) is 14.7 Å². The van der Waals surface area contributed by atoms with Crippen LogP contribution in [-0.4, -0.2) is 20.5 Å². The zero-order valence-corrected chi connectivity index (χ0v) is 10.7. The number of amides is 1.